The van der Waals surface area contributed by atoms with Crippen molar-refractivity contribution in [1.29, 1.82) is 0 Å². The molecule has 5 nitrogen and oxygen atoms in total. The van der Waals surface area contributed by atoms with Crippen LogP contribution in [0.3, 0.4) is 0 Å². The minimum atomic E-state index is 0.0349. The third-order valence-corrected chi connectivity index (χ3v) is 3.86. The highest BCUT2D eigenvalue weighted by Crippen LogP contribution is 2.37. The topological polar surface area (TPSA) is 64.2 Å². The average Bonchev–Trinajstić information content (AvgIpc) is 3.27. The van der Waals surface area contributed by atoms with Gasteiger partial charge < -0.3 is 15.2 Å². The Hall–Kier alpha value is -2.30. The first-order valence-electron chi connectivity index (χ1n) is 7.27. The lowest BCUT2D eigenvalue weighted by atomic mass is 10.2. The van der Waals surface area contributed by atoms with E-state index in [2.05, 4.69) is 4.98 Å². The van der Waals surface area contributed by atoms with Crippen LogP contribution in [0.25, 0.3) is 0 Å². The van der Waals surface area contributed by atoms with E-state index in [1.165, 1.54) is 5.56 Å². The molecular weight excluding hydrogens is 264 g/mol. The third kappa shape index (κ3) is 3.07. The number of carbonyl (C=O) groups excluding carboxylic acids is 1. The maximum Gasteiger partial charge on any atom is 0.270 e. The Morgan fingerprint density at radius 2 is 2.14 bits per heavy atom. The molecular formula is C16H20N4O. The molecule has 1 aliphatic rings. The van der Waals surface area contributed by atoms with Crippen molar-refractivity contribution in [2.45, 2.75) is 25.3 Å². The summed E-state index contributed by atoms with van der Waals surface area (Å²) >= 11 is 0. The zero-order valence-electron chi connectivity index (χ0n) is 12.2. The van der Waals surface area contributed by atoms with Crippen LogP contribution in [0.5, 0.6) is 0 Å². The summed E-state index contributed by atoms with van der Waals surface area (Å²) in [4.78, 5) is 18.3. The van der Waals surface area contributed by atoms with E-state index in [1.54, 1.807) is 23.4 Å². The maximum atomic E-state index is 12.6. The molecule has 5 heteroatoms. The molecule has 1 aliphatic carbocycles. The van der Waals surface area contributed by atoms with Gasteiger partial charge in [0.2, 0.25) is 0 Å². The van der Waals surface area contributed by atoms with E-state index < -0.39 is 0 Å². The molecule has 0 radical (unpaired) electrons. The van der Waals surface area contributed by atoms with Crippen molar-refractivity contribution in [2.24, 2.45) is 0 Å². The molecule has 0 saturated heterocycles. The smallest absolute Gasteiger partial charge is 0.270 e. The second-order valence-electron chi connectivity index (χ2n) is 5.63. The maximum absolute atomic E-state index is 12.6. The second-order valence-corrected chi connectivity index (χ2v) is 5.63. The number of nitrogen functional groups attached to an aromatic ring is 1. The van der Waals surface area contributed by atoms with Gasteiger partial charge in [-0.05, 0) is 43.0 Å². The normalized spacial score (nSPS) is 14.1. The average molecular weight is 284 g/mol. The van der Waals surface area contributed by atoms with Gasteiger partial charge in [-0.15, -0.1) is 0 Å². The van der Waals surface area contributed by atoms with E-state index in [9.17, 15) is 4.79 Å². The van der Waals surface area contributed by atoms with E-state index in [1.807, 2.05) is 29.9 Å². The van der Waals surface area contributed by atoms with Crippen molar-refractivity contribution in [3.63, 3.8) is 0 Å². The van der Waals surface area contributed by atoms with Crippen LogP contribution in [0, 0.1) is 0 Å². The van der Waals surface area contributed by atoms with Gasteiger partial charge in [0.15, 0.2) is 0 Å². The van der Waals surface area contributed by atoms with Crippen LogP contribution in [0.15, 0.2) is 36.8 Å². The fraction of sp³-hybridized carbons (Fsp3) is 0.375. The highest BCUT2D eigenvalue weighted by atomic mass is 16.2. The lowest BCUT2D eigenvalue weighted by Gasteiger charge is -2.18. The zero-order valence-corrected chi connectivity index (χ0v) is 12.2. The summed E-state index contributed by atoms with van der Waals surface area (Å²) in [6.07, 6.45) is 8.52. The summed E-state index contributed by atoms with van der Waals surface area (Å²) in [6.45, 7) is 0.679. The summed E-state index contributed by atoms with van der Waals surface area (Å²) < 4.78 is 2.03. The van der Waals surface area contributed by atoms with Crippen molar-refractivity contribution in [3.8, 4) is 0 Å². The van der Waals surface area contributed by atoms with Gasteiger partial charge in [-0.25, -0.2) is 0 Å². The van der Waals surface area contributed by atoms with Crippen molar-refractivity contribution < 1.29 is 4.79 Å². The molecule has 1 fully saturated rings. The lowest BCUT2D eigenvalue weighted by molar-refractivity contribution is 0.0786. The number of nitrogens with two attached hydrogens (primary N) is 1. The van der Waals surface area contributed by atoms with Crippen LogP contribution in [0.2, 0.25) is 0 Å². The number of hydrogen-bond donors (Lipinski definition) is 1. The first kappa shape index (κ1) is 13.7. The number of pyridine rings is 1. The number of aromatic nitrogens is 2. The molecule has 21 heavy (non-hydrogen) atoms. The molecule has 0 bridgehead atoms. The number of amides is 1. The number of nitrogens with zero attached hydrogens (tertiary/aromatic N) is 3. The van der Waals surface area contributed by atoms with Crippen molar-refractivity contribution in [2.75, 3.05) is 19.3 Å². The lowest BCUT2D eigenvalue weighted by Crippen LogP contribution is -2.30. The largest absolute Gasteiger partial charge is 0.397 e. The van der Waals surface area contributed by atoms with Crippen molar-refractivity contribution >= 4 is 11.6 Å². The predicted octanol–water partition coefficient (Wildman–Crippen LogP) is 2.11. The Bertz CT molecular complexity index is 631. The summed E-state index contributed by atoms with van der Waals surface area (Å²) in [5, 5.41) is 0. The highest BCUT2D eigenvalue weighted by molar-refractivity contribution is 5.93. The molecule has 110 valence electrons. The Morgan fingerprint density at radius 1 is 1.43 bits per heavy atom. The Kier molecular flexibility index (Phi) is 3.64. The number of likely N-dealkylation sites (N-methyl/N-ethyl adjacent to an activating group) is 1. The summed E-state index contributed by atoms with van der Waals surface area (Å²) in [5.74, 6) is 0.0349. The molecule has 2 N–H and O–H groups in total. The van der Waals surface area contributed by atoms with Crippen molar-refractivity contribution in [1.82, 2.24) is 14.5 Å². The molecule has 2 aromatic heterocycles. The standard InChI is InChI=1S/C16H20N4O/c1-19(9-6-12-4-7-18-8-5-12)16(21)15-10-13(17)11-20(15)14-2-3-14/h4-5,7-8,10-11,14H,2-3,6,9,17H2,1H3. The number of rotatable bonds is 5. The molecule has 0 aliphatic heterocycles. The molecule has 2 heterocycles. The van der Waals surface area contributed by atoms with E-state index in [0.29, 0.717) is 24.0 Å². The molecule has 1 saturated carbocycles. The summed E-state index contributed by atoms with van der Waals surface area (Å²) in [6, 6.07) is 6.19. The fourth-order valence-corrected chi connectivity index (χ4v) is 2.47. The summed E-state index contributed by atoms with van der Waals surface area (Å²) in [5.41, 5.74) is 8.39. The number of hydrogen-bond acceptors (Lipinski definition) is 3. The van der Waals surface area contributed by atoms with Gasteiger partial charge in [0.05, 0.1) is 5.69 Å². The Balaban J connectivity index is 1.67. The number of carbonyl (C=O) groups is 1. The summed E-state index contributed by atoms with van der Waals surface area (Å²) in [7, 11) is 1.84. The third-order valence-electron chi connectivity index (χ3n) is 3.86. The monoisotopic (exact) mass is 284 g/mol. The quantitative estimate of drug-likeness (QED) is 0.914. The Morgan fingerprint density at radius 3 is 2.81 bits per heavy atom. The second kappa shape index (κ2) is 5.60. The van der Waals surface area contributed by atoms with E-state index >= 15 is 0 Å². The molecule has 0 unspecified atom stereocenters. The van der Waals surface area contributed by atoms with Gasteiger partial charge in [-0.2, -0.15) is 0 Å². The van der Waals surface area contributed by atoms with Gasteiger partial charge >= 0.3 is 0 Å². The Labute approximate surface area is 124 Å². The van der Waals surface area contributed by atoms with Crippen molar-refractivity contribution in [3.05, 3.63) is 48.0 Å². The van der Waals surface area contributed by atoms with E-state index in [0.717, 1.165) is 19.3 Å². The van der Waals surface area contributed by atoms with Crippen LogP contribution in [0.4, 0.5) is 5.69 Å². The minimum absolute atomic E-state index is 0.0349. The molecule has 2 aromatic rings. The van der Waals surface area contributed by atoms with Crippen LogP contribution >= 0.6 is 0 Å². The molecule has 0 atom stereocenters. The molecule has 1 amide bonds. The van der Waals surface area contributed by atoms with Gasteiger partial charge in [0.25, 0.3) is 5.91 Å². The molecule has 0 spiro atoms. The number of anilines is 1. The fourth-order valence-electron chi connectivity index (χ4n) is 2.47. The van der Waals surface area contributed by atoms with E-state index in [4.69, 9.17) is 5.73 Å². The van der Waals surface area contributed by atoms with Crippen LogP contribution in [-0.2, 0) is 6.42 Å². The van der Waals surface area contributed by atoms with E-state index in [-0.39, 0.29) is 5.91 Å². The first-order chi connectivity index (χ1) is 10.1. The highest BCUT2D eigenvalue weighted by Gasteiger charge is 2.28. The van der Waals surface area contributed by atoms with Crippen LogP contribution < -0.4 is 5.73 Å². The molecule has 3 rings (SSSR count). The minimum Gasteiger partial charge on any atom is -0.397 e. The SMILES string of the molecule is CN(CCc1ccncc1)C(=O)c1cc(N)cn1C1CC1. The van der Waals surface area contributed by atoms with Crippen LogP contribution in [-0.4, -0.2) is 34.0 Å². The van der Waals surface area contributed by atoms with Gasteiger partial charge in [-0.3, -0.25) is 9.78 Å². The van der Waals surface area contributed by atoms with Gasteiger partial charge in [0, 0.05) is 38.2 Å². The molecule has 0 aromatic carbocycles. The zero-order chi connectivity index (χ0) is 14.8. The van der Waals surface area contributed by atoms with Gasteiger partial charge in [0.1, 0.15) is 5.69 Å². The van der Waals surface area contributed by atoms with Crippen LogP contribution in [0.1, 0.15) is 34.9 Å². The predicted molar refractivity (Wildman–Crippen MR) is 82.0 cm³/mol. The van der Waals surface area contributed by atoms with Gasteiger partial charge in [-0.1, -0.05) is 0 Å². The first-order valence-corrected chi connectivity index (χ1v) is 7.27.